The smallest absolute Gasteiger partial charge is 0.408 e. The molecule has 0 spiro atoms. The topological polar surface area (TPSA) is 85.9 Å². The van der Waals surface area contributed by atoms with E-state index in [1.54, 1.807) is 39.0 Å². The Balaban J connectivity index is 2.71. The van der Waals surface area contributed by atoms with Crippen LogP contribution >= 0.6 is 23.2 Å². The second kappa shape index (κ2) is 9.41. The predicted octanol–water partition coefficient (Wildman–Crippen LogP) is 3.08. The van der Waals surface area contributed by atoms with Crippen LogP contribution in [0.5, 0.6) is 0 Å². The van der Waals surface area contributed by atoms with Gasteiger partial charge >= 0.3 is 6.09 Å². The first-order valence-electron chi connectivity index (χ1n) is 7.82. The molecule has 0 bridgehead atoms. The van der Waals surface area contributed by atoms with Crippen molar-refractivity contribution in [3.05, 3.63) is 33.8 Å². The van der Waals surface area contributed by atoms with Crippen molar-refractivity contribution >= 4 is 35.2 Å². The monoisotopic (exact) mass is 406 g/mol. The molecule has 2 amide bonds. The summed E-state index contributed by atoms with van der Waals surface area (Å²) < 4.78 is 16.0. The zero-order valence-electron chi connectivity index (χ0n) is 15.4. The number of carbonyl (C=O) groups excluding carboxylic acids is 2. The molecule has 9 heteroatoms. The Kier molecular flexibility index (Phi) is 8.15. The number of benzene rings is 1. The molecule has 1 aromatic carbocycles. The molecule has 26 heavy (non-hydrogen) atoms. The van der Waals surface area contributed by atoms with E-state index < -0.39 is 23.4 Å². The van der Waals surface area contributed by atoms with Crippen molar-refractivity contribution in [2.24, 2.45) is 0 Å². The van der Waals surface area contributed by atoms with Gasteiger partial charge in [-0.1, -0.05) is 29.3 Å². The van der Waals surface area contributed by atoms with Gasteiger partial charge in [0.25, 0.3) is 0 Å². The maximum absolute atomic E-state index is 12.0. The fourth-order valence-corrected chi connectivity index (χ4v) is 2.64. The maximum atomic E-state index is 12.0. The van der Waals surface area contributed by atoms with Crippen molar-refractivity contribution in [3.63, 3.8) is 0 Å². The third-order valence-corrected chi connectivity index (χ3v) is 3.86. The minimum Gasteiger partial charge on any atom is -0.444 e. The van der Waals surface area contributed by atoms with Gasteiger partial charge < -0.3 is 24.8 Å². The van der Waals surface area contributed by atoms with E-state index in [2.05, 4.69) is 10.6 Å². The zero-order valence-corrected chi connectivity index (χ0v) is 17.0. The lowest BCUT2D eigenvalue weighted by Crippen LogP contribution is -2.47. The van der Waals surface area contributed by atoms with Gasteiger partial charge in [-0.2, -0.15) is 0 Å². The van der Waals surface area contributed by atoms with Crippen LogP contribution in [0.25, 0.3) is 0 Å². The highest BCUT2D eigenvalue weighted by Gasteiger charge is 2.35. The van der Waals surface area contributed by atoms with Crippen LogP contribution in [0.3, 0.4) is 0 Å². The number of carbonyl (C=O) groups is 2. The SMILES string of the molecule is COC(CNC(=O)CNC(=O)OC(C)(C)C)(OC)c1ccc(Cl)cc1Cl. The second-order valence-corrected chi connectivity index (χ2v) is 7.26. The molecule has 0 atom stereocenters. The van der Waals surface area contributed by atoms with Crippen LogP contribution in [0, 0.1) is 0 Å². The van der Waals surface area contributed by atoms with Crippen LogP contribution in [-0.4, -0.2) is 44.9 Å². The van der Waals surface area contributed by atoms with E-state index in [0.717, 1.165) is 0 Å². The van der Waals surface area contributed by atoms with Gasteiger partial charge in [-0.15, -0.1) is 0 Å². The van der Waals surface area contributed by atoms with Gasteiger partial charge in [0.1, 0.15) is 5.60 Å². The van der Waals surface area contributed by atoms with Gasteiger partial charge in [-0.3, -0.25) is 4.79 Å². The first kappa shape index (κ1) is 22.5. The summed E-state index contributed by atoms with van der Waals surface area (Å²) in [6, 6.07) is 4.85. The first-order chi connectivity index (χ1) is 12.0. The van der Waals surface area contributed by atoms with E-state index in [1.807, 2.05) is 0 Å². The summed E-state index contributed by atoms with van der Waals surface area (Å²) in [6.07, 6.45) is -0.682. The van der Waals surface area contributed by atoms with Crippen molar-refractivity contribution in [1.29, 1.82) is 0 Å². The van der Waals surface area contributed by atoms with Gasteiger partial charge in [0, 0.05) is 24.8 Å². The lowest BCUT2D eigenvalue weighted by Gasteiger charge is -2.32. The molecule has 2 N–H and O–H groups in total. The van der Waals surface area contributed by atoms with Gasteiger partial charge in [-0.25, -0.2) is 4.79 Å². The molecule has 7 nitrogen and oxygen atoms in total. The van der Waals surface area contributed by atoms with Gasteiger partial charge in [0.05, 0.1) is 18.1 Å². The average molecular weight is 407 g/mol. The molecule has 0 aliphatic heterocycles. The molecule has 0 saturated heterocycles. The molecule has 0 aromatic heterocycles. The molecule has 0 heterocycles. The standard InChI is InChI=1S/C17H24Cl2N2O5/c1-16(2,3)26-15(23)20-9-14(22)21-10-17(24-4,25-5)12-7-6-11(18)8-13(12)19/h6-8H,9-10H2,1-5H3,(H,20,23)(H,21,22). The van der Waals surface area contributed by atoms with E-state index in [4.69, 9.17) is 37.4 Å². The van der Waals surface area contributed by atoms with Crippen LogP contribution < -0.4 is 10.6 Å². The Morgan fingerprint density at radius 3 is 2.19 bits per heavy atom. The van der Waals surface area contributed by atoms with Crippen LogP contribution in [0.1, 0.15) is 26.3 Å². The Morgan fingerprint density at radius 1 is 1.08 bits per heavy atom. The number of halogens is 2. The van der Waals surface area contributed by atoms with Crippen molar-refractivity contribution in [2.45, 2.75) is 32.2 Å². The molecule has 1 aromatic rings. The van der Waals surface area contributed by atoms with Crippen LogP contribution in [0.4, 0.5) is 4.79 Å². The Hall–Kier alpha value is -1.54. The van der Waals surface area contributed by atoms with Crippen LogP contribution in [0.15, 0.2) is 18.2 Å². The highest BCUT2D eigenvalue weighted by Crippen LogP contribution is 2.33. The number of hydrogen-bond acceptors (Lipinski definition) is 5. The summed E-state index contributed by atoms with van der Waals surface area (Å²) in [5, 5.41) is 5.80. The summed E-state index contributed by atoms with van der Waals surface area (Å²) in [6.45, 7) is 4.90. The number of ether oxygens (including phenoxy) is 3. The molecule has 0 aliphatic rings. The zero-order chi connectivity index (χ0) is 20.0. The Morgan fingerprint density at radius 2 is 1.69 bits per heavy atom. The largest absolute Gasteiger partial charge is 0.444 e. The summed E-state index contributed by atoms with van der Waals surface area (Å²) in [4.78, 5) is 23.6. The summed E-state index contributed by atoms with van der Waals surface area (Å²) in [5.74, 6) is -1.75. The highest BCUT2D eigenvalue weighted by atomic mass is 35.5. The van der Waals surface area contributed by atoms with Crippen molar-refractivity contribution < 1.29 is 23.8 Å². The maximum Gasteiger partial charge on any atom is 0.408 e. The predicted molar refractivity (Wildman–Crippen MR) is 99.4 cm³/mol. The third-order valence-electron chi connectivity index (χ3n) is 3.31. The van der Waals surface area contributed by atoms with E-state index in [0.29, 0.717) is 15.6 Å². The number of alkyl carbamates (subject to hydrolysis) is 1. The van der Waals surface area contributed by atoms with E-state index in [-0.39, 0.29) is 13.1 Å². The Bertz CT molecular complexity index is 643. The average Bonchev–Trinajstić information content (AvgIpc) is 2.54. The molecule has 0 fully saturated rings. The van der Waals surface area contributed by atoms with E-state index >= 15 is 0 Å². The first-order valence-corrected chi connectivity index (χ1v) is 8.58. The normalized spacial score (nSPS) is 11.8. The summed E-state index contributed by atoms with van der Waals surface area (Å²) >= 11 is 12.1. The number of nitrogens with one attached hydrogen (secondary N) is 2. The van der Waals surface area contributed by atoms with Crippen molar-refractivity contribution in [1.82, 2.24) is 10.6 Å². The third kappa shape index (κ3) is 6.64. The molecular formula is C17H24Cl2N2O5. The summed E-state index contributed by atoms with van der Waals surface area (Å²) in [7, 11) is 2.86. The van der Waals surface area contributed by atoms with E-state index in [1.165, 1.54) is 14.2 Å². The van der Waals surface area contributed by atoms with Gasteiger partial charge in [-0.05, 0) is 32.9 Å². The van der Waals surface area contributed by atoms with Gasteiger partial charge in [0.2, 0.25) is 11.7 Å². The molecule has 0 unspecified atom stereocenters. The van der Waals surface area contributed by atoms with Crippen molar-refractivity contribution in [2.75, 3.05) is 27.3 Å². The molecular weight excluding hydrogens is 383 g/mol. The molecule has 146 valence electrons. The molecule has 0 radical (unpaired) electrons. The number of hydrogen-bond donors (Lipinski definition) is 2. The minimum atomic E-state index is -1.30. The van der Waals surface area contributed by atoms with E-state index in [9.17, 15) is 9.59 Å². The molecule has 0 aliphatic carbocycles. The fraction of sp³-hybridized carbons (Fsp3) is 0.529. The van der Waals surface area contributed by atoms with Gasteiger partial charge in [0.15, 0.2) is 0 Å². The fourth-order valence-electron chi connectivity index (χ4n) is 2.09. The number of amides is 2. The lowest BCUT2D eigenvalue weighted by atomic mass is 10.1. The Labute approximate surface area is 163 Å². The number of methoxy groups -OCH3 is 2. The highest BCUT2D eigenvalue weighted by molar-refractivity contribution is 6.35. The second-order valence-electron chi connectivity index (χ2n) is 6.42. The summed E-state index contributed by atoms with van der Waals surface area (Å²) in [5.41, 5.74) is -0.137. The quantitative estimate of drug-likeness (QED) is 0.679. The minimum absolute atomic E-state index is 0.0316. The molecule has 0 saturated carbocycles. The van der Waals surface area contributed by atoms with Crippen LogP contribution in [-0.2, 0) is 24.8 Å². The number of rotatable bonds is 7. The van der Waals surface area contributed by atoms with Crippen molar-refractivity contribution in [3.8, 4) is 0 Å². The van der Waals surface area contributed by atoms with Crippen LogP contribution in [0.2, 0.25) is 10.0 Å². The molecule has 1 rings (SSSR count). The lowest BCUT2D eigenvalue weighted by molar-refractivity contribution is -0.212.